The number of nitrogens with zero attached hydrogens (tertiary/aromatic N) is 4. The zero-order chi connectivity index (χ0) is 23.1. The fraction of sp³-hybridized carbons (Fsp3) is 0.429. The van der Waals surface area contributed by atoms with Crippen LogP contribution in [0, 0.1) is 0 Å². The van der Waals surface area contributed by atoms with E-state index >= 15 is 0 Å². The van der Waals surface area contributed by atoms with Crippen molar-refractivity contribution < 1.29 is 28.9 Å². The molecule has 1 fully saturated rings. The second kappa shape index (κ2) is 10.6. The lowest BCUT2D eigenvalue weighted by Crippen LogP contribution is -2.56. The van der Waals surface area contributed by atoms with Gasteiger partial charge in [-0.2, -0.15) is 0 Å². The Kier molecular flexibility index (Phi) is 7.66. The van der Waals surface area contributed by atoms with Crippen LogP contribution >= 0.6 is 0 Å². The third kappa shape index (κ3) is 4.99. The molecule has 1 aromatic heterocycles. The van der Waals surface area contributed by atoms with Crippen molar-refractivity contribution >= 4 is 17.8 Å². The number of nitrogens with one attached hydrogen (secondary N) is 1. The lowest BCUT2D eigenvalue weighted by atomic mass is 10.1. The van der Waals surface area contributed by atoms with E-state index in [1.54, 1.807) is 23.4 Å². The van der Waals surface area contributed by atoms with Gasteiger partial charge in [-0.1, -0.05) is 0 Å². The molecule has 3 rings (SSSR count). The Bertz CT molecular complexity index is 909. The first-order valence-electron chi connectivity index (χ1n) is 10.0. The van der Waals surface area contributed by atoms with E-state index in [1.807, 2.05) is 4.90 Å². The van der Waals surface area contributed by atoms with Gasteiger partial charge in [0.1, 0.15) is 6.04 Å². The lowest BCUT2D eigenvalue weighted by Gasteiger charge is -2.36. The van der Waals surface area contributed by atoms with Crippen LogP contribution in [0.2, 0.25) is 0 Å². The Morgan fingerprint density at radius 3 is 2.12 bits per heavy atom. The molecule has 2 aromatic rings. The van der Waals surface area contributed by atoms with E-state index < -0.39 is 18.6 Å². The van der Waals surface area contributed by atoms with E-state index in [4.69, 9.17) is 14.2 Å². The maximum absolute atomic E-state index is 12.9. The highest BCUT2D eigenvalue weighted by atomic mass is 16.5. The van der Waals surface area contributed by atoms with Crippen molar-refractivity contribution in [3.63, 3.8) is 0 Å². The van der Waals surface area contributed by atoms with Crippen LogP contribution in [0.1, 0.15) is 10.4 Å². The van der Waals surface area contributed by atoms with Gasteiger partial charge in [-0.25, -0.2) is 9.97 Å². The zero-order valence-corrected chi connectivity index (χ0v) is 18.3. The van der Waals surface area contributed by atoms with Crippen LogP contribution in [-0.4, -0.2) is 91.9 Å². The molecule has 11 heteroatoms. The monoisotopic (exact) mass is 445 g/mol. The van der Waals surface area contributed by atoms with Crippen molar-refractivity contribution in [1.29, 1.82) is 0 Å². The number of rotatable bonds is 8. The fourth-order valence-electron chi connectivity index (χ4n) is 3.44. The number of piperazine rings is 1. The molecule has 2 amide bonds. The summed E-state index contributed by atoms with van der Waals surface area (Å²) >= 11 is 0. The molecule has 11 nitrogen and oxygen atoms in total. The molecule has 32 heavy (non-hydrogen) atoms. The highest BCUT2D eigenvalue weighted by Gasteiger charge is 2.29. The Morgan fingerprint density at radius 2 is 1.62 bits per heavy atom. The van der Waals surface area contributed by atoms with Crippen molar-refractivity contribution in [2.24, 2.45) is 0 Å². The molecule has 1 unspecified atom stereocenters. The first kappa shape index (κ1) is 23.1. The molecule has 0 bridgehead atoms. The lowest BCUT2D eigenvalue weighted by molar-refractivity contribution is -0.134. The van der Waals surface area contributed by atoms with Crippen molar-refractivity contribution in [1.82, 2.24) is 20.2 Å². The second-order valence-electron chi connectivity index (χ2n) is 6.98. The molecule has 1 atom stereocenters. The normalized spacial score (nSPS) is 14.5. The number of aliphatic hydroxyl groups excluding tert-OH is 1. The first-order chi connectivity index (χ1) is 15.5. The van der Waals surface area contributed by atoms with Gasteiger partial charge in [0.2, 0.25) is 17.6 Å². The van der Waals surface area contributed by atoms with Gasteiger partial charge in [0.25, 0.3) is 5.91 Å². The van der Waals surface area contributed by atoms with Gasteiger partial charge >= 0.3 is 0 Å². The van der Waals surface area contributed by atoms with Gasteiger partial charge in [0, 0.05) is 44.1 Å². The number of ether oxygens (including phenoxy) is 3. The van der Waals surface area contributed by atoms with Crippen molar-refractivity contribution in [2.45, 2.75) is 6.04 Å². The van der Waals surface area contributed by atoms with Gasteiger partial charge in [-0.3, -0.25) is 9.59 Å². The van der Waals surface area contributed by atoms with Gasteiger partial charge in [0.05, 0.1) is 27.9 Å². The van der Waals surface area contributed by atoms with Crippen LogP contribution in [0.5, 0.6) is 17.2 Å². The largest absolute Gasteiger partial charge is 0.493 e. The molecule has 2 heterocycles. The Morgan fingerprint density at radius 1 is 1.03 bits per heavy atom. The summed E-state index contributed by atoms with van der Waals surface area (Å²) in [6, 6.07) is 3.62. The van der Waals surface area contributed by atoms with Crippen molar-refractivity contribution in [3.8, 4) is 17.2 Å². The van der Waals surface area contributed by atoms with Crippen LogP contribution in [0.25, 0.3) is 0 Å². The molecule has 0 aliphatic carbocycles. The molecule has 2 N–H and O–H groups in total. The molecule has 1 aromatic carbocycles. The van der Waals surface area contributed by atoms with E-state index in [-0.39, 0.29) is 11.5 Å². The summed E-state index contributed by atoms with van der Waals surface area (Å²) in [6.45, 7) is 1.42. The molecule has 0 radical (unpaired) electrons. The number of methoxy groups -OCH3 is 3. The Hall–Kier alpha value is -3.60. The molecular weight excluding hydrogens is 418 g/mol. The highest BCUT2D eigenvalue weighted by molar-refractivity contribution is 5.98. The summed E-state index contributed by atoms with van der Waals surface area (Å²) in [4.78, 5) is 37.8. The number of anilines is 1. The molecule has 172 valence electrons. The van der Waals surface area contributed by atoms with Crippen LogP contribution in [-0.2, 0) is 4.79 Å². The average molecular weight is 445 g/mol. The maximum Gasteiger partial charge on any atom is 0.252 e. The minimum atomic E-state index is -1.08. The van der Waals surface area contributed by atoms with E-state index in [0.717, 1.165) is 0 Å². The fourth-order valence-corrected chi connectivity index (χ4v) is 3.44. The molecule has 0 spiro atoms. The van der Waals surface area contributed by atoms with Gasteiger partial charge in [-0.05, 0) is 18.2 Å². The van der Waals surface area contributed by atoms with Crippen LogP contribution < -0.4 is 24.4 Å². The smallest absolute Gasteiger partial charge is 0.252 e. The van der Waals surface area contributed by atoms with Crippen molar-refractivity contribution in [3.05, 3.63) is 36.2 Å². The first-order valence-corrected chi connectivity index (χ1v) is 10.0. The molecule has 1 aliphatic heterocycles. The third-order valence-electron chi connectivity index (χ3n) is 5.14. The molecule has 0 saturated carbocycles. The number of aromatic nitrogens is 2. The molecular formula is C21H27N5O6. The Labute approximate surface area is 185 Å². The van der Waals surface area contributed by atoms with Crippen molar-refractivity contribution in [2.75, 3.05) is 59.0 Å². The van der Waals surface area contributed by atoms with Gasteiger partial charge in [-0.15, -0.1) is 0 Å². The maximum atomic E-state index is 12.9. The minimum Gasteiger partial charge on any atom is -0.493 e. The van der Waals surface area contributed by atoms with Crippen LogP contribution in [0.3, 0.4) is 0 Å². The predicted octanol–water partition coefficient (Wildman–Crippen LogP) is -0.0581. The summed E-state index contributed by atoms with van der Waals surface area (Å²) < 4.78 is 15.8. The minimum absolute atomic E-state index is 0.205. The number of hydrogen-bond acceptors (Lipinski definition) is 9. The van der Waals surface area contributed by atoms with E-state index in [9.17, 15) is 14.7 Å². The van der Waals surface area contributed by atoms with Gasteiger partial charge < -0.3 is 34.4 Å². The number of amides is 2. The number of hydrogen-bond donors (Lipinski definition) is 2. The Balaban J connectivity index is 1.66. The number of benzene rings is 1. The number of carbonyl (C=O) groups is 2. The highest BCUT2D eigenvalue weighted by Crippen LogP contribution is 2.38. The SMILES string of the molecule is COc1cc(C(=O)NC(CO)C(=O)N2CCN(c3ncccn3)CC2)cc(OC)c1OC. The predicted molar refractivity (Wildman–Crippen MR) is 115 cm³/mol. The summed E-state index contributed by atoms with van der Waals surface area (Å²) in [7, 11) is 4.35. The van der Waals surface area contributed by atoms with E-state index in [1.165, 1.54) is 33.5 Å². The van der Waals surface area contributed by atoms with E-state index in [2.05, 4.69) is 15.3 Å². The van der Waals surface area contributed by atoms with Gasteiger partial charge in [0.15, 0.2) is 11.5 Å². The molecule has 1 aliphatic rings. The summed E-state index contributed by atoms with van der Waals surface area (Å²) in [5, 5.41) is 12.4. The average Bonchev–Trinajstić information content (AvgIpc) is 2.86. The standard InChI is InChI=1S/C21H27N5O6/c1-30-16-11-14(12-17(31-2)18(16)32-3)19(28)24-15(13-27)20(29)25-7-9-26(10-8-25)21-22-5-4-6-23-21/h4-6,11-12,15,27H,7-10,13H2,1-3H3,(H,24,28). The zero-order valence-electron chi connectivity index (χ0n) is 18.3. The molecule has 1 saturated heterocycles. The summed E-state index contributed by atoms with van der Waals surface area (Å²) in [5.41, 5.74) is 0.205. The quantitative estimate of drug-likeness (QED) is 0.575. The topological polar surface area (TPSA) is 126 Å². The summed E-state index contributed by atoms with van der Waals surface area (Å²) in [5.74, 6) is 0.664. The second-order valence-corrected chi connectivity index (χ2v) is 6.98. The van der Waals surface area contributed by atoms with E-state index in [0.29, 0.717) is 49.4 Å². The van der Waals surface area contributed by atoms with Crippen LogP contribution in [0.4, 0.5) is 5.95 Å². The van der Waals surface area contributed by atoms with Crippen LogP contribution in [0.15, 0.2) is 30.6 Å². The third-order valence-corrected chi connectivity index (χ3v) is 5.14. The number of aliphatic hydroxyl groups is 1. The summed E-state index contributed by atoms with van der Waals surface area (Å²) in [6.07, 6.45) is 3.33. The number of carbonyl (C=O) groups excluding carboxylic acids is 2.